The third-order valence-corrected chi connectivity index (χ3v) is 4.94. The highest BCUT2D eigenvalue weighted by Crippen LogP contribution is 2.32. The van der Waals surface area contributed by atoms with Crippen LogP contribution in [0.3, 0.4) is 0 Å². The molecule has 1 aliphatic rings. The summed E-state index contributed by atoms with van der Waals surface area (Å²) in [5.74, 6) is 0.542. The second kappa shape index (κ2) is 4.59. The number of nitrogens with one attached hydrogen (secondary N) is 1. The molecular weight excluding hydrogens is 200 g/mol. The Balaban J connectivity index is 2.54. The van der Waals surface area contributed by atoms with Gasteiger partial charge in [-0.1, -0.05) is 6.92 Å². The zero-order chi connectivity index (χ0) is 10.8. The summed E-state index contributed by atoms with van der Waals surface area (Å²) in [5.41, 5.74) is 5.42. The van der Waals surface area contributed by atoms with Gasteiger partial charge in [-0.2, -0.15) is 0 Å². The van der Waals surface area contributed by atoms with Crippen molar-refractivity contribution in [3.8, 4) is 0 Å². The number of rotatable bonds is 6. The summed E-state index contributed by atoms with van der Waals surface area (Å²) in [5, 5.41) is -0.441. The van der Waals surface area contributed by atoms with Crippen LogP contribution in [0.15, 0.2) is 0 Å². The lowest BCUT2D eigenvalue weighted by atomic mass is 10.2. The smallest absolute Gasteiger partial charge is 0.215 e. The van der Waals surface area contributed by atoms with E-state index in [1.54, 1.807) is 0 Å². The van der Waals surface area contributed by atoms with E-state index in [9.17, 15) is 8.42 Å². The zero-order valence-corrected chi connectivity index (χ0v) is 9.68. The molecule has 0 saturated heterocycles. The first kappa shape index (κ1) is 11.9. The fourth-order valence-corrected chi connectivity index (χ4v) is 3.16. The molecule has 5 heteroatoms. The van der Waals surface area contributed by atoms with E-state index >= 15 is 0 Å². The van der Waals surface area contributed by atoms with Crippen molar-refractivity contribution in [2.45, 2.75) is 44.4 Å². The first-order valence-corrected chi connectivity index (χ1v) is 6.77. The molecular formula is C9H20N2O2S. The molecule has 1 saturated carbocycles. The molecule has 3 N–H and O–H groups in total. The van der Waals surface area contributed by atoms with Crippen LogP contribution in [-0.2, 0) is 10.0 Å². The Labute approximate surface area is 86.3 Å². The monoisotopic (exact) mass is 220 g/mol. The first-order chi connectivity index (χ1) is 6.51. The Hall–Kier alpha value is -0.130. The Kier molecular flexibility index (Phi) is 3.92. The lowest BCUT2D eigenvalue weighted by molar-refractivity contribution is 0.523. The first-order valence-electron chi connectivity index (χ1n) is 5.22. The van der Waals surface area contributed by atoms with Gasteiger partial charge < -0.3 is 5.73 Å². The van der Waals surface area contributed by atoms with Gasteiger partial charge in [0.05, 0.1) is 5.25 Å². The van der Waals surface area contributed by atoms with Gasteiger partial charge in [0.15, 0.2) is 0 Å². The van der Waals surface area contributed by atoms with Gasteiger partial charge in [-0.15, -0.1) is 0 Å². The molecule has 0 aromatic rings. The molecule has 2 unspecified atom stereocenters. The SMILES string of the molecule is CCC(CN)S(=O)(=O)NC(C)C1CC1. The van der Waals surface area contributed by atoms with Gasteiger partial charge in [-0.25, -0.2) is 13.1 Å². The van der Waals surface area contributed by atoms with Crippen molar-refractivity contribution in [3.05, 3.63) is 0 Å². The molecule has 4 nitrogen and oxygen atoms in total. The molecule has 0 aromatic heterocycles. The Morgan fingerprint density at radius 1 is 1.50 bits per heavy atom. The fourth-order valence-electron chi connectivity index (χ4n) is 1.56. The molecule has 14 heavy (non-hydrogen) atoms. The van der Waals surface area contributed by atoms with E-state index in [0.717, 1.165) is 12.8 Å². The van der Waals surface area contributed by atoms with Gasteiger partial charge in [0, 0.05) is 12.6 Å². The summed E-state index contributed by atoms with van der Waals surface area (Å²) in [6.45, 7) is 3.97. The van der Waals surface area contributed by atoms with Crippen molar-refractivity contribution in [2.75, 3.05) is 6.54 Å². The molecule has 0 bridgehead atoms. The van der Waals surface area contributed by atoms with Crippen molar-refractivity contribution < 1.29 is 8.42 Å². The van der Waals surface area contributed by atoms with Crippen LogP contribution in [0.2, 0.25) is 0 Å². The molecule has 84 valence electrons. The fraction of sp³-hybridized carbons (Fsp3) is 1.00. The minimum atomic E-state index is -3.20. The summed E-state index contributed by atoms with van der Waals surface area (Å²) in [6.07, 6.45) is 2.86. The van der Waals surface area contributed by atoms with Crippen molar-refractivity contribution in [3.63, 3.8) is 0 Å². The highest BCUT2D eigenvalue weighted by atomic mass is 32.2. The summed E-state index contributed by atoms with van der Waals surface area (Å²) in [6, 6.07) is 0.0700. The second-order valence-corrected chi connectivity index (χ2v) is 6.05. The molecule has 0 spiro atoms. The summed E-state index contributed by atoms with van der Waals surface area (Å²) in [4.78, 5) is 0. The maximum atomic E-state index is 11.7. The molecule has 0 aromatic carbocycles. The van der Waals surface area contributed by atoms with Crippen molar-refractivity contribution in [2.24, 2.45) is 11.7 Å². The summed E-state index contributed by atoms with van der Waals surface area (Å²) in [7, 11) is -3.20. The van der Waals surface area contributed by atoms with Crippen LogP contribution in [0.1, 0.15) is 33.1 Å². The molecule has 1 aliphatic carbocycles. The summed E-state index contributed by atoms with van der Waals surface area (Å²) >= 11 is 0. The topological polar surface area (TPSA) is 72.2 Å². The predicted molar refractivity (Wildman–Crippen MR) is 57.4 cm³/mol. The van der Waals surface area contributed by atoms with Gasteiger partial charge in [0.2, 0.25) is 10.0 Å². The maximum Gasteiger partial charge on any atom is 0.215 e. The van der Waals surface area contributed by atoms with Crippen LogP contribution in [0.5, 0.6) is 0 Å². The van der Waals surface area contributed by atoms with Crippen molar-refractivity contribution >= 4 is 10.0 Å². The lowest BCUT2D eigenvalue weighted by Crippen LogP contribution is -2.43. The largest absolute Gasteiger partial charge is 0.329 e. The van der Waals surface area contributed by atoms with Crippen LogP contribution in [0.4, 0.5) is 0 Å². The minimum absolute atomic E-state index is 0.0700. The third-order valence-electron chi connectivity index (χ3n) is 2.84. The molecule has 0 radical (unpaired) electrons. The van der Waals surface area contributed by atoms with Crippen molar-refractivity contribution in [1.29, 1.82) is 0 Å². The zero-order valence-electron chi connectivity index (χ0n) is 8.86. The van der Waals surface area contributed by atoms with E-state index < -0.39 is 15.3 Å². The van der Waals surface area contributed by atoms with E-state index in [2.05, 4.69) is 4.72 Å². The summed E-state index contributed by atoms with van der Waals surface area (Å²) < 4.78 is 26.2. The Morgan fingerprint density at radius 3 is 2.43 bits per heavy atom. The van der Waals surface area contributed by atoms with Gasteiger partial charge in [-0.05, 0) is 32.1 Å². The van der Waals surface area contributed by atoms with E-state index in [4.69, 9.17) is 5.73 Å². The molecule has 2 atom stereocenters. The predicted octanol–water partition coefficient (Wildman–Crippen LogP) is 0.442. The second-order valence-electron chi connectivity index (χ2n) is 4.05. The quantitative estimate of drug-likeness (QED) is 0.682. The minimum Gasteiger partial charge on any atom is -0.329 e. The highest BCUT2D eigenvalue weighted by molar-refractivity contribution is 7.90. The van der Waals surface area contributed by atoms with Gasteiger partial charge >= 0.3 is 0 Å². The van der Waals surface area contributed by atoms with E-state index in [1.165, 1.54) is 0 Å². The van der Waals surface area contributed by atoms with Crippen LogP contribution in [0.25, 0.3) is 0 Å². The van der Waals surface area contributed by atoms with Crippen molar-refractivity contribution in [1.82, 2.24) is 4.72 Å². The van der Waals surface area contributed by atoms with Crippen LogP contribution >= 0.6 is 0 Å². The van der Waals surface area contributed by atoms with Gasteiger partial charge in [0.1, 0.15) is 0 Å². The molecule has 0 amide bonds. The van der Waals surface area contributed by atoms with E-state index in [1.807, 2.05) is 13.8 Å². The third kappa shape index (κ3) is 2.93. The number of hydrogen-bond donors (Lipinski definition) is 2. The average Bonchev–Trinajstić information content (AvgIpc) is 2.86. The molecule has 1 rings (SSSR count). The van der Waals surface area contributed by atoms with Gasteiger partial charge in [0.25, 0.3) is 0 Å². The Bertz CT molecular complexity index is 269. The average molecular weight is 220 g/mol. The van der Waals surface area contributed by atoms with Crippen LogP contribution in [0, 0.1) is 5.92 Å². The van der Waals surface area contributed by atoms with Crippen LogP contribution in [-0.4, -0.2) is 26.3 Å². The lowest BCUT2D eigenvalue weighted by Gasteiger charge is -2.18. The molecule has 0 heterocycles. The highest BCUT2D eigenvalue weighted by Gasteiger charge is 2.32. The van der Waals surface area contributed by atoms with Gasteiger partial charge in [-0.3, -0.25) is 0 Å². The standard InChI is InChI=1S/C9H20N2O2S/c1-3-9(6-10)14(12,13)11-7(2)8-4-5-8/h7-9,11H,3-6,10H2,1-2H3. The molecule has 0 aliphatic heterocycles. The molecule has 1 fully saturated rings. The van der Waals surface area contributed by atoms with E-state index in [-0.39, 0.29) is 12.6 Å². The van der Waals surface area contributed by atoms with Crippen LogP contribution < -0.4 is 10.5 Å². The number of sulfonamides is 1. The van der Waals surface area contributed by atoms with E-state index in [0.29, 0.717) is 12.3 Å². The normalized spacial score (nSPS) is 21.9. The maximum absolute atomic E-state index is 11.7. The Morgan fingerprint density at radius 2 is 2.07 bits per heavy atom. The number of nitrogens with two attached hydrogens (primary N) is 1. The number of hydrogen-bond acceptors (Lipinski definition) is 3.